The van der Waals surface area contributed by atoms with Gasteiger partial charge in [0.15, 0.2) is 0 Å². The van der Waals surface area contributed by atoms with Crippen LogP contribution in [0, 0.1) is 10.1 Å². The number of nitro groups is 1. The van der Waals surface area contributed by atoms with Gasteiger partial charge >= 0.3 is 0 Å². The zero-order chi connectivity index (χ0) is 18.8. The summed E-state index contributed by atoms with van der Waals surface area (Å²) in [7, 11) is 0. The molecule has 27 heavy (non-hydrogen) atoms. The Hall–Kier alpha value is -3.87. The molecule has 7 nitrogen and oxygen atoms in total. The first-order chi connectivity index (χ1) is 13.1. The highest BCUT2D eigenvalue weighted by atomic mass is 16.6. The van der Waals surface area contributed by atoms with E-state index in [0.29, 0.717) is 22.5 Å². The number of non-ortho nitro benzene ring substituents is 1. The lowest BCUT2D eigenvalue weighted by Crippen LogP contribution is -2.12. The van der Waals surface area contributed by atoms with E-state index in [1.54, 1.807) is 42.6 Å². The molecule has 134 valence electrons. The van der Waals surface area contributed by atoms with Crippen molar-refractivity contribution in [2.24, 2.45) is 0 Å². The lowest BCUT2D eigenvalue weighted by Gasteiger charge is -2.20. The molecule has 0 aliphatic rings. The summed E-state index contributed by atoms with van der Waals surface area (Å²) >= 11 is 0. The fraction of sp³-hybridized carbons (Fsp3) is 0.0500. The third-order valence-corrected chi connectivity index (χ3v) is 4.29. The molecule has 4 aromatic rings. The normalized spacial score (nSPS) is 12.0. The fourth-order valence-corrected chi connectivity index (χ4v) is 3.01. The lowest BCUT2D eigenvalue weighted by atomic mass is 10.0. The molecule has 0 bridgehead atoms. The zero-order valence-corrected chi connectivity index (χ0v) is 14.1. The maximum Gasteiger partial charge on any atom is 0.271 e. The monoisotopic (exact) mass is 361 g/mol. The summed E-state index contributed by atoms with van der Waals surface area (Å²) in [5, 5.41) is 25.9. The van der Waals surface area contributed by atoms with E-state index in [1.807, 2.05) is 12.1 Å². The van der Waals surface area contributed by atoms with E-state index < -0.39 is 11.0 Å². The van der Waals surface area contributed by atoms with E-state index in [0.717, 1.165) is 5.39 Å². The lowest BCUT2D eigenvalue weighted by molar-refractivity contribution is -0.384. The molecule has 7 heteroatoms. The van der Waals surface area contributed by atoms with Crippen LogP contribution in [0.25, 0.3) is 10.9 Å². The number of benzene rings is 2. The summed E-state index contributed by atoms with van der Waals surface area (Å²) < 4.78 is 5.54. The van der Waals surface area contributed by atoms with Crippen molar-refractivity contribution in [3.8, 4) is 5.75 Å². The number of fused-ring (bicyclic) bond motifs is 1. The number of hydrogen-bond acceptors (Lipinski definition) is 6. The van der Waals surface area contributed by atoms with Gasteiger partial charge in [0.25, 0.3) is 5.69 Å². The van der Waals surface area contributed by atoms with Crippen LogP contribution in [0.15, 0.2) is 77.5 Å². The molecule has 0 saturated carbocycles. The van der Waals surface area contributed by atoms with Crippen LogP contribution >= 0.6 is 0 Å². The molecule has 0 aliphatic heterocycles. The molecule has 1 unspecified atom stereocenters. The van der Waals surface area contributed by atoms with E-state index in [9.17, 15) is 15.2 Å². The number of phenolic OH excluding ortho intramolecular Hbond substituents is 1. The number of pyridine rings is 1. The minimum atomic E-state index is -0.548. The Morgan fingerprint density at radius 1 is 1.11 bits per heavy atom. The van der Waals surface area contributed by atoms with E-state index in [4.69, 9.17) is 4.42 Å². The second-order valence-corrected chi connectivity index (χ2v) is 5.98. The number of aromatic hydroxyl groups is 1. The summed E-state index contributed by atoms with van der Waals surface area (Å²) in [5.74, 6) is 0.597. The number of nitrogens with one attached hydrogen (secondary N) is 1. The zero-order valence-electron chi connectivity index (χ0n) is 14.1. The van der Waals surface area contributed by atoms with Crippen molar-refractivity contribution >= 4 is 22.3 Å². The predicted octanol–water partition coefficient (Wildman–Crippen LogP) is 4.64. The van der Waals surface area contributed by atoms with Gasteiger partial charge in [-0.15, -0.1) is 0 Å². The van der Waals surface area contributed by atoms with Crippen LogP contribution in [0.5, 0.6) is 5.75 Å². The summed E-state index contributed by atoms with van der Waals surface area (Å²) in [5.41, 5.74) is 1.55. The Labute approximate surface area is 154 Å². The smallest absolute Gasteiger partial charge is 0.271 e. The minimum Gasteiger partial charge on any atom is -0.505 e. The Balaban J connectivity index is 1.80. The molecule has 2 aromatic heterocycles. The first-order valence-corrected chi connectivity index (χ1v) is 8.24. The van der Waals surface area contributed by atoms with E-state index in [1.165, 1.54) is 18.4 Å². The topological polar surface area (TPSA) is 101 Å². The van der Waals surface area contributed by atoms with Crippen molar-refractivity contribution < 1.29 is 14.4 Å². The molecule has 2 heterocycles. The maximum absolute atomic E-state index is 11.0. The van der Waals surface area contributed by atoms with E-state index >= 15 is 0 Å². The van der Waals surface area contributed by atoms with Crippen molar-refractivity contribution in [1.29, 1.82) is 0 Å². The molecule has 0 spiro atoms. The fourth-order valence-electron chi connectivity index (χ4n) is 3.01. The van der Waals surface area contributed by atoms with Crippen LogP contribution in [-0.2, 0) is 0 Å². The van der Waals surface area contributed by atoms with Gasteiger partial charge < -0.3 is 14.8 Å². The van der Waals surface area contributed by atoms with Gasteiger partial charge in [0, 0.05) is 35.0 Å². The largest absolute Gasteiger partial charge is 0.505 e. The summed E-state index contributed by atoms with van der Waals surface area (Å²) in [6.45, 7) is 0. The maximum atomic E-state index is 11.0. The Kier molecular flexibility index (Phi) is 4.18. The predicted molar refractivity (Wildman–Crippen MR) is 101 cm³/mol. The second-order valence-electron chi connectivity index (χ2n) is 5.98. The molecule has 4 rings (SSSR count). The average molecular weight is 361 g/mol. The quantitative estimate of drug-likeness (QED) is 0.396. The number of aromatic nitrogens is 1. The summed E-state index contributed by atoms with van der Waals surface area (Å²) in [6, 6.07) is 16.5. The van der Waals surface area contributed by atoms with Crippen LogP contribution in [0.1, 0.15) is 17.4 Å². The third-order valence-electron chi connectivity index (χ3n) is 4.29. The summed E-state index contributed by atoms with van der Waals surface area (Å²) in [6.07, 6.45) is 3.15. The first-order valence-electron chi connectivity index (χ1n) is 8.24. The molecule has 2 aromatic carbocycles. The SMILES string of the molecule is O=[N+]([O-])c1cccc(NC(c2ccco2)c2ccc3cccnc3c2O)c1. The first kappa shape index (κ1) is 16.6. The molecular weight excluding hydrogens is 346 g/mol. The van der Waals surface area contributed by atoms with Gasteiger partial charge in [-0.3, -0.25) is 15.1 Å². The second kappa shape index (κ2) is 6.80. The van der Waals surface area contributed by atoms with Crippen molar-refractivity contribution in [2.75, 3.05) is 5.32 Å². The summed E-state index contributed by atoms with van der Waals surface area (Å²) in [4.78, 5) is 14.8. The molecule has 0 saturated heterocycles. The molecule has 0 radical (unpaired) electrons. The van der Waals surface area contributed by atoms with Crippen LogP contribution in [0.4, 0.5) is 11.4 Å². The molecule has 0 fully saturated rings. The highest BCUT2D eigenvalue weighted by Crippen LogP contribution is 2.36. The van der Waals surface area contributed by atoms with Gasteiger partial charge in [-0.25, -0.2) is 0 Å². The molecule has 0 aliphatic carbocycles. The molecule has 0 amide bonds. The highest BCUT2D eigenvalue weighted by molar-refractivity contribution is 5.85. The van der Waals surface area contributed by atoms with Gasteiger partial charge in [0.1, 0.15) is 23.1 Å². The minimum absolute atomic E-state index is 0.0254. The Morgan fingerprint density at radius 2 is 2.00 bits per heavy atom. The highest BCUT2D eigenvalue weighted by Gasteiger charge is 2.22. The molecule has 2 N–H and O–H groups in total. The van der Waals surface area contributed by atoms with Crippen molar-refractivity contribution in [3.05, 3.63) is 94.6 Å². The van der Waals surface area contributed by atoms with Crippen molar-refractivity contribution in [3.63, 3.8) is 0 Å². The standard InChI is InChI=1S/C20H15N3O4/c24-20-16(9-8-13-4-2-10-21-18(13)20)19(17-7-3-11-27-17)22-14-5-1-6-15(12-14)23(25)26/h1-12,19,22,24H. The number of hydrogen-bond donors (Lipinski definition) is 2. The van der Waals surface area contributed by atoms with Gasteiger partial charge in [-0.1, -0.05) is 24.3 Å². The van der Waals surface area contributed by atoms with Gasteiger partial charge in [-0.05, 0) is 24.3 Å². The van der Waals surface area contributed by atoms with Crippen molar-refractivity contribution in [1.82, 2.24) is 4.98 Å². The van der Waals surface area contributed by atoms with E-state index in [-0.39, 0.29) is 11.4 Å². The number of furan rings is 1. The van der Waals surface area contributed by atoms with Gasteiger partial charge in [0.05, 0.1) is 11.2 Å². The Morgan fingerprint density at radius 3 is 2.78 bits per heavy atom. The van der Waals surface area contributed by atoms with Crippen LogP contribution < -0.4 is 5.32 Å². The number of nitrogens with zero attached hydrogens (tertiary/aromatic N) is 2. The Bertz CT molecular complexity index is 1110. The number of rotatable bonds is 5. The third kappa shape index (κ3) is 3.18. The van der Waals surface area contributed by atoms with Gasteiger partial charge in [-0.2, -0.15) is 0 Å². The van der Waals surface area contributed by atoms with Gasteiger partial charge in [0.2, 0.25) is 0 Å². The van der Waals surface area contributed by atoms with E-state index in [2.05, 4.69) is 10.3 Å². The number of phenols is 1. The molecular formula is C20H15N3O4. The molecule has 1 atom stereocenters. The average Bonchev–Trinajstić information content (AvgIpc) is 3.22. The van der Waals surface area contributed by atoms with Crippen molar-refractivity contribution in [2.45, 2.75) is 6.04 Å². The number of anilines is 1. The van der Waals surface area contributed by atoms with Crippen LogP contribution in [0.3, 0.4) is 0 Å². The van der Waals surface area contributed by atoms with Crippen LogP contribution in [-0.4, -0.2) is 15.0 Å². The van der Waals surface area contributed by atoms with Crippen LogP contribution in [0.2, 0.25) is 0 Å². The number of nitro benzene ring substituents is 1.